The smallest absolute Gasteiger partial charge is 0.269 e. The summed E-state index contributed by atoms with van der Waals surface area (Å²) >= 11 is 0. The number of fused-ring (bicyclic) bond motifs is 1. The largest absolute Gasteiger partial charge is 0.356 e. The van der Waals surface area contributed by atoms with E-state index in [0.29, 0.717) is 28.5 Å². The van der Waals surface area contributed by atoms with Crippen LogP contribution in [0.5, 0.6) is 0 Å². The molecule has 5 rings (SSSR count). The number of hydrogen-bond donors (Lipinski definition) is 0. The second-order valence-electron chi connectivity index (χ2n) is 9.81. The molecule has 0 amide bonds. The van der Waals surface area contributed by atoms with Crippen molar-refractivity contribution < 1.29 is 16.8 Å². The molecule has 2 fully saturated rings. The van der Waals surface area contributed by atoms with Gasteiger partial charge in [-0.15, -0.1) is 0 Å². The molecule has 0 unspecified atom stereocenters. The molecule has 0 spiro atoms. The number of rotatable bonds is 9. The standard InChI is InChI=1S/C24H30N4O4S2/c1-17-3-7-21(8-4-17)34(31,32)28-11-9-22-23(25-16-26-24(22)28)27(2)20-13-19(14-20)15-33(29,30)12-10-18-5-6-18/h3-4,7-9,11,16,18-20H,5-6,10,12-15H2,1-2H3. The number of hydrogen-bond acceptors (Lipinski definition) is 7. The van der Waals surface area contributed by atoms with Gasteiger partial charge in [-0.2, -0.15) is 0 Å². The van der Waals surface area contributed by atoms with Crippen LogP contribution in [0.3, 0.4) is 0 Å². The molecule has 0 N–H and O–H groups in total. The van der Waals surface area contributed by atoms with Gasteiger partial charge in [0.2, 0.25) is 0 Å². The van der Waals surface area contributed by atoms with E-state index in [1.54, 1.807) is 30.3 Å². The molecule has 2 aromatic heterocycles. The fourth-order valence-corrected chi connectivity index (χ4v) is 7.89. The summed E-state index contributed by atoms with van der Waals surface area (Å²) in [5.41, 5.74) is 1.31. The number of anilines is 1. The van der Waals surface area contributed by atoms with E-state index in [4.69, 9.17) is 0 Å². The zero-order chi connectivity index (χ0) is 24.1. The third-order valence-corrected chi connectivity index (χ3v) is 10.6. The number of aromatic nitrogens is 3. The molecule has 10 heteroatoms. The van der Waals surface area contributed by atoms with E-state index in [1.807, 2.05) is 18.9 Å². The Labute approximate surface area is 201 Å². The molecule has 1 aromatic carbocycles. The van der Waals surface area contributed by atoms with E-state index in [9.17, 15) is 16.8 Å². The normalized spacial score (nSPS) is 20.9. The quantitative estimate of drug-likeness (QED) is 0.442. The number of benzene rings is 1. The van der Waals surface area contributed by atoms with E-state index in [2.05, 4.69) is 9.97 Å². The molecule has 0 bridgehead atoms. The summed E-state index contributed by atoms with van der Waals surface area (Å²) in [6.07, 6.45) is 7.62. The van der Waals surface area contributed by atoms with Crippen LogP contribution in [0.4, 0.5) is 5.82 Å². The lowest BCUT2D eigenvalue weighted by atomic mass is 9.81. The summed E-state index contributed by atoms with van der Waals surface area (Å²) < 4.78 is 52.5. The highest BCUT2D eigenvalue weighted by Gasteiger charge is 2.36. The molecular formula is C24H30N4O4S2. The van der Waals surface area contributed by atoms with Crippen LogP contribution in [0.1, 0.15) is 37.7 Å². The van der Waals surface area contributed by atoms with Crippen molar-refractivity contribution in [3.8, 4) is 0 Å². The van der Waals surface area contributed by atoms with Crippen molar-refractivity contribution in [1.29, 1.82) is 0 Å². The van der Waals surface area contributed by atoms with Crippen molar-refractivity contribution in [3.63, 3.8) is 0 Å². The van der Waals surface area contributed by atoms with Gasteiger partial charge in [-0.3, -0.25) is 0 Å². The first-order valence-electron chi connectivity index (χ1n) is 11.7. The van der Waals surface area contributed by atoms with Crippen LogP contribution >= 0.6 is 0 Å². The molecule has 0 aliphatic heterocycles. The van der Waals surface area contributed by atoms with Gasteiger partial charge in [-0.25, -0.2) is 30.8 Å². The zero-order valence-electron chi connectivity index (χ0n) is 19.5. The van der Waals surface area contributed by atoms with Crippen LogP contribution in [0, 0.1) is 18.8 Å². The number of sulfone groups is 1. The van der Waals surface area contributed by atoms with Gasteiger partial charge in [-0.05, 0) is 56.2 Å². The molecule has 3 aromatic rings. The maximum absolute atomic E-state index is 13.2. The van der Waals surface area contributed by atoms with E-state index >= 15 is 0 Å². The Kier molecular flexibility index (Phi) is 5.92. The van der Waals surface area contributed by atoms with Crippen LogP contribution < -0.4 is 4.90 Å². The monoisotopic (exact) mass is 502 g/mol. The van der Waals surface area contributed by atoms with Gasteiger partial charge < -0.3 is 4.90 Å². The van der Waals surface area contributed by atoms with Gasteiger partial charge >= 0.3 is 0 Å². The highest BCUT2D eigenvalue weighted by Crippen LogP contribution is 2.37. The molecule has 2 saturated carbocycles. The minimum absolute atomic E-state index is 0.166. The van der Waals surface area contributed by atoms with Crippen LogP contribution in [0.2, 0.25) is 0 Å². The topological polar surface area (TPSA) is 102 Å². The third kappa shape index (κ3) is 4.57. The average molecular weight is 503 g/mol. The summed E-state index contributed by atoms with van der Waals surface area (Å²) in [5.74, 6) is 2.01. The van der Waals surface area contributed by atoms with Crippen molar-refractivity contribution in [2.45, 2.75) is 50.0 Å². The fourth-order valence-electron chi connectivity index (χ4n) is 4.73. The molecule has 2 aliphatic carbocycles. The molecule has 0 radical (unpaired) electrons. The van der Waals surface area contributed by atoms with Gasteiger partial charge in [0, 0.05) is 19.3 Å². The Hall–Kier alpha value is -2.46. The van der Waals surface area contributed by atoms with Gasteiger partial charge in [0.05, 0.1) is 21.8 Å². The molecule has 0 saturated heterocycles. The average Bonchev–Trinajstić information content (AvgIpc) is 3.50. The van der Waals surface area contributed by atoms with Crippen molar-refractivity contribution in [3.05, 3.63) is 48.4 Å². The summed E-state index contributed by atoms with van der Waals surface area (Å²) in [7, 11) is -4.86. The molecule has 2 aliphatic rings. The fraction of sp³-hybridized carbons (Fsp3) is 0.500. The van der Waals surface area contributed by atoms with Crippen molar-refractivity contribution in [2.24, 2.45) is 11.8 Å². The highest BCUT2D eigenvalue weighted by atomic mass is 32.2. The molecule has 8 nitrogen and oxygen atoms in total. The summed E-state index contributed by atoms with van der Waals surface area (Å²) in [6.45, 7) is 1.91. The van der Waals surface area contributed by atoms with Gasteiger partial charge in [-0.1, -0.05) is 30.5 Å². The van der Waals surface area contributed by atoms with Crippen LogP contribution in [0.25, 0.3) is 11.0 Å². The van der Waals surface area contributed by atoms with Gasteiger partial charge in [0.15, 0.2) is 15.5 Å². The van der Waals surface area contributed by atoms with E-state index < -0.39 is 19.9 Å². The van der Waals surface area contributed by atoms with Crippen molar-refractivity contribution in [2.75, 3.05) is 23.5 Å². The van der Waals surface area contributed by atoms with E-state index in [0.717, 1.165) is 24.8 Å². The predicted molar refractivity (Wildman–Crippen MR) is 132 cm³/mol. The Bertz CT molecular complexity index is 1400. The number of nitrogens with zero attached hydrogens (tertiary/aromatic N) is 4. The lowest BCUT2D eigenvalue weighted by Crippen LogP contribution is -2.45. The maximum atomic E-state index is 13.2. The Balaban J connectivity index is 1.31. The van der Waals surface area contributed by atoms with E-state index in [-0.39, 0.29) is 22.6 Å². The third-order valence-electron chi connectivity index (χ3n) is 7.12. The second kappa shape index (κ2) is 8.64. The Morgan fingerprint density at radius 2 is 1.71 bits per heavy atom. The summed E-state index contributed by atoms with van der Waals surface area (Å²) in [4.78, 5) is 10.9. The van der Waals surface area contributed by atoms with Gasteiger partial charge in [0.25, 0.3) is 10.0 Å². The first kappa shape index (κ1) is 23.3. The minimum atomic E-state index is -3.79. The van der Waals surface area contributed by atoms with Crippen LogP contribution in [0.15, 0.2) is 47.8 Å². The van der Waals surface area contributed by atoms with Crippen molar-refractivity contribution in [1.82, 2.24) is 13.9 Å². The lowest BCUT2D eigenvalue weighted by molar-refractivity contribution is 0.282. The predicted octanol–water partition coefficient (Wildman–Crippen LogP) is 3.41. The van der Waals surface area contributed by atoms with E-state index in [1.165, 1.54) is 29.3 Å². The SMILES string of the molecule is Cc1ccc(S(=O)(=O)n2ccc3c(N(C)C4CC(CS(=O)(=O)CCC5CC5)C4)ncnc32)cc1. The first-order valence-corrected chi connectivity index (χ1v) is 15.0. The minimum Gasteiger partial charge on any atom is -0.356 e. The molecule has 182 valence electrons. The second-order valence-corrected chi connectivity index (χ2v) is 13.9. The van der Waals surface area contributed by atoms with Crippen molar-refractivity contribution >= 4 is 36.7 Å². The first-order chi connectivity index (χ1) is 16.1. The lowest BCUT2D eigenvalue weighted by Gasteiger charge is -2.41. The van der Waals surface area contributed by atoms with Crippen LogP contribution in [-0.4, -0.2) is 55.4 Å². The molecule has 34 heavy (non-hydrogen) atoms. The Morgan fingerprint density at radius 1 is 1.00 bits per heavy atom. The van der Waals surface area contributed by atoms with Gasteiger partial charge in [0.1, 0.15) is 12.1 Å². The number of aryl methyl sites for hydroxylation is 1. The Morgan fingerprint density at radius 3 is 2.38 bits per heavy atom. The maximum Gasteiger partial charge on any atom is 0.269 e. The van der Waals surface area contributed by atoms with Crippen LogP contribution in [-0.2, 0) is 19.9 Å². The highest BCUT2D eigenvalue weighted by molar-refractivity contribution is 7.91. The zero-order valence-corrected chi connectivity index (χ0v) is 21.1. The molecule has 2 heterocycles. The molecule has 0 atom stereocenters. The molecular weight excluding hydrogens is 472 g/mol. The summed E-state index contributed by atoms with van der Waals surface area (Å²) in [5, 5.41) is 0.654. The summed E-state index contributed by atoms with van der Waals surface area (Å²) in [6, 6.07) is 8.62.